The van der Waals surface area contributed by atoms with Crippen molar-refractivity contribution in [3.63, 3.8) is 0 Å². The van der Waals surface area contributed by atoms with Crippen molar-refractivity contribution in [3.8, 4) is 17.3 Å². The van der Waals surface area contributed by atoms with Crippen LogP contribution < -0.4 is 4.72 Å². The molecule has 0 spiro atoms. The van der Waals surface area contributed by atoms with E-state index in [1.165, 1.54) is 4.31 Å². The monoisotopic (exact) mass is 354 g/mol. The molecule has 0 radical (unpaired) electrons. The Bertz CT molecular complexity index is 937. The van der Waals surface area contributed by atoms with Gasteiger partial charge in [0, 0.05) is 25.7 Å². The number of anilines is 1. The molecule has 2 heterocycles. The molecule has 1 N–H and O–H groups in total. The first-order valence-electron chi connectivity index (χ1n) is 8.19. The maximum atomic E-state index is 12.7. The highest BCUT2D eigenvalue weighted by Crippen LogP contribution is 2.33. The van der Waals surface area contributed by atoms with E-state index in [1.54, 1.807) is 4.90 Å². The summed E-state index contributed by atoms with van der Waals surface area (Å²) in [4.78, 5) is 1.61. The number of fused-ring (bicyclic) bond motifs is 1. The van der Waals surface area contributed by atoms with Gasteiger partial charge in [0.15, 0.2) is 6.19 Å². The second kappa shape index (κ2) is 6.06. The second-order valence-electron chi connectivity index (χ2n) is 6.38. The molecule has 2 aliphatic rings. The topological polar surface area (TPSA) is 76.4 Å². The third-order valence-electron chi connectivity index (χ3n) is 4.80. The Labute approximate surface area is 147 Å². The van der Waals surface area contributed by atoms with Crippen LogP contribution in [0.1, 0.15) is 12.0 Å². The third kappa shape index (κ3) is 2.95. The highest BCUT2D eigenvalue weighted by molar-refractivity contribution is 7.90. The van der Waals surface area contributed by atoms with Crippen LogP contribution in [0, 0.1) is 11.5 Å². The van der Waals surface area contributed by atoms with Crippen LogP contribution in [0.4, 0.5) is 5.69 Å². The zero-order valence-electron chi connectivity index (χ0n) is 13.6. The molecule has 2 aromatic rings. The van der Waals surface area contributed by atoms with E-state index in [0.29, 0.717) is 31.7 Å². The lowest BCUT2D eigenvalue weighted by atomic mass is 10.0. The second-order valence-corrected chi connectivity index (χ2v) is 8.00. The Hall–Kier alpha value is -2.56. The molecule has 2 aromatic carbocycles. The fourth-order valence-electron chi connectivity index (χ4n) is 3.46. The molecule has 6 nitrogen and oxygen atoms in total. The van der Waals surface area contributed by atoms with Crippen molar-refractivity contribution in [2.45, 2.75) is 19.0 Å². The molecule has 0 saturated carbocycles. The van der Waals surface area contributed by atoms with Crippen molar-refractivity contribution in [1.82, 2.24) is 9.21 Å². The molecule has 0 aromatic heterocycles. The number of benzene rings is 2. The molecule has 1 saturated heterocycles. The zero-order valence-corrected chi connectivity index (χ0v) is 14.4. The summed E-state index contributed by atoms with van der Waals surface area (Å²) in [5.41, 5.74) is 3.61. The lowest BCUT2D eigenvalue weighted by Crippen LogP contribution is -2.46. The average Bonchev–Trinajstić information content (AvgIpc) is 3.09. The smallest absolute Gasteiger partial charge is 0.302 e. The molecule has 1 atom stereocenters. The van der Waals surface area contributed by atoms with Crippen molar-refractivity contribution in [1.29, 1.82) is 5.26 Å². The minimum Gasteiger partial charge on any atom is -0.309 e. The van der Waals surface area contributed by atoms with Gasteiger partial charge >= 0.3 is 10.2 Å². The third-order valence-corrected chi connectivity index (χ3v) is 6.33. The van der Waals surface area contributed by atoms with Crippen LogP contribution >= 0.6 is 0 Å². The molecular weight excluding hydrogens is 336 g/mol. The highest BCUT2D eigenvalue weighted by Gasteiger charge is 2.38. The Kier molecular flexibility index (Phi) is 3.86. The predicted octanol–water partition coefficient (Wildman–Crippen LogP) is 2.38. The molecule has 0 amide bonds. The van der Waals surface area contributed by atoms with Gasteiger partial charge in [-0.2, -0.15) is 18.0 Å². The first-order valence-corrected chi connectivity index (χ1v) is 9.63. The van der Waals surface area contributed by atoms with Crippen LogP contribution in [0.15, 0.2) is 48.5 Å². The summed E-state index contributed by atoms with van der Waals surface area (Å²) in [5.74, 6) is 0. The van der Waals surface area contributed by atoms with E-state index in [9.17, 15) is 8.42 Å². The Morgan fingerprint density at radius 1 is 1.12 bits per heavy atom. The standard InChI is InChI=1S/C18H18N4O2S/c19-13-21-9-8-17(12-21)22-11-16-7-6-15(14-4-2-1-3-5-14)10-18(16)20-25(22,23)24/h1-7,10,17,20H,8-9,11-12H2/t17-/m1/s1. The largest absolute Gasteiger partial charge is 0.309 e. The molecule has 4 rings (SSSR count). The summed E-state index contributed by atoms with van der Waals surface area (Å²) in [5, 5.41) is 9.00. The van der Waals surface area contributed by atoms with Gasteiger partial charge in [0.05, 0.1) is 5.69 Å². The number of rotatable bonds is 2. The quantitative estimate of drug-likeness (QED) is 0.840. The van der Waals surface area contributed by atoms with Gasteiger partial charge in [-0.05, 0) is 29.2 Å². The van der Waals surface area contributed by atoms with Gasteiger partial charge in [0.25, 0.3) is 0 Å². The van der Waals surface area contributed by atoms with Crippen LogP contribution in [0.25, 0.3) is 11.1 Å². The van der Waals surface area contributed by atoms with Gasteiger partial charge in [0.1, 0.15) is 0 Å². The summed E-state index contributed by atoms with van der Waals surface area (Å²) in [7, 11) is -3.60. The van der Waals surface area contributed by atoms with Crippen LogP contribution in [0.5, 0.6) is 0 Å². The van der Waals surface area contributed by atoms with E-state index < -0.39 is 10.2 Å². The minimum absolute atomic E-state index is 0.168. The number of nitrogens with one attached hydrogen (secondary N) is 1. The van der Waals surface area contributed by atoms with E-state index in [4.69, 9.17) is 5.26 Å². The number of likely N-dealkylation sites (tertiary alicyclic amines) is 1. The lowest BCUT2D eigenvalue weighted by molar-refractivity contribution is 0.313. The molecule has 0 unspecified atom stereocenters. The van der Waals surface area contributed by atoms with E-state index >= 15 is 0 Å². The summed E-state index contributed by atoms with van der Waals surface area (Å²) < 4.78 is 29.6. The van der Waals surface area contributed by atoms with Gasteiger partial charge < -0.3 is 4.90 Å². The maximum Gasteiger partial charge on any atom is 0.302 e. The van der Waals surface area contributed by atoms with Crippen molar-refractivity contribution >= 4 is 15.9 Å². The van der Waals surface area contributed by atoms with Gasteiger partial charge in [-0.1, -0.05) is 42.5 Å². The van der Waals surface area contributed by atoms with Gasteiger partial charge in [-0.15, -0.1) is 0 Å². The van der Waals surface area contributed by atoms with Crippen LogP contribution in [-0.4, -0.2) is 36.8 Å². The first kappa shape index (κ1) is 15.9. The Balaban J connectivity index is 1.64. The summed E-state index contributed by atoms with van der Waals surface area (Å²) >= 11 is 0. The fraction of sp³-hybridized carbons (Fsp3) is 0.278. The fourth-order valence-corrected chi connectivity index (χ4v) is 4.92. The van der Waals surface area contributed by atoms with Crippen molar-refractivity contribution in [2.24, 2.45) is 0 Å². The summed E-state index contributed by atoms with van der Waals surface area (Å²) in [6, 6.07) is 15.6. The van der Waals surface area contributed by atoms with E-state index in [-0.39, 0.29) is 6.04 Å². The molecule has 2 aliphatic heterocycles. The van der Waals surface area contributed by atoms with Crippen molar-refractivity contribution in [2.75, 3.05) is 17.8 Å². The molecule has 128 valence electrons. The van der Waals surface area contributed by atoms with Crippen LogP contribution in [-0.2, 0) is 16.8 Å². The summed E-state index contributed by atoms with van der Waals surface area (Å²) in [6.07, 6.45) is 2.77. The van der Waals surface area contributed by atoms with E-state index in [2.05, 4.69) is 10.9 Å². The molecular formula is C18H18N4O2S. The first-order chi connectivity index (χ1) is 12.1. The van der Waals surface area contributed by atoms with E-state index in [1.807, 2.05) is 48.5 Å². The summed E-state index contributed by atoms with van der Waals surface area (Å²) in [6.45, 7) is 1.39. The maximum absolute atomic E-state index is 12.7. The molecule has 25 heavy (non-hydrogen) atoms. The molecule has 0 bridgehead atoms. The van der Waals surface area contributed by atoms with Crippen molar-refractivity contribution in [3.05, 3.63) is 54.1 Å². The Morgan fingerprint density at radius 3 is 2.64 bits per heavy atom. The van der Waals surface area contributed by atoms with Crippen molar-refractivity contribution < 1.29 is 8.42 Å². The van der Waals surface area contributed by atoms with Crippen LogP contribution in [0.3, 0.4) is 0 Å². The number of nitriles is 1. The van der Waals surface area contributed by atoms with Crippen LogP contribution in [0.2, 0.25) is 0 Å². The van der Waals surface area contributed by atoms with E-state index in [0.717, 1.165) is 16.7 Å². The molecule has 1 fully saturated rings. The average molecular weight is 354 g/mol. The number of hydrogen-bond acceptors (Lipinski definition) is 4. The number of nitrogens with zero attached hydrogens (tertiary/aromatic N) is 3. The van der Waals surface area contributed by atoms with Gasteiger partial charge in [-0.3, -0.25) is 4.72 Å². The Morgan fingerprint density at radius 2 is 1.92 bits per heavy atom. The van der Waals surface area contributed by atoms with Gasteiger partial charge in [0.2, 0.25) is 0 Å². The van der Waals surface area contributed by atoms with Gasteiger partial charge in [-0.25, -0.2) is 0 Å². The zero-order chi connectivity index (χ0) is 17.4. The molecule has 0 aliphatic carbocycles. The minimum atomic E-state index is -3.60. The number of hydrogen-bond donors (Lipinski definition) is 1. The molecule has 7 heteroatoms. The highest BCUT2D eigenvalue weighted by atomic mass is 32.2. The lowest BCUT2D eigenvalue weighted by Gasteiger charge is -2.33. The SMILES string of the molecule is N#CN1CC[C@@H](N2Cc3ccc(-c4ccccc4)cc3NS2(=O)=O)C1. The normalized spacial score (nSPS) is 22.0. The predicted molar refractivity (Wildman–Crippen MR) is 95.6 cm³/mol.